The Hall–Kier alpha value is -1.48. The molecule has 2 atom stereocenters. The standard InChI is InChI=1S/C9H10N2O3/c10-4-8(13)9(14)7-3-1-2-6(5-12)11-7/h1-3,8-9,12-14H,5H2. The van der Waals surface area contributed by atoms with E-state index < -0.39 is 12.2 Å². The first-order chi connectivity index (χ1) is 6.69. The molecule has 1 aromatic heterocycles. The average Bonchev–Trinajstić information content (AvgIpc) is 2.27. The van der Waals surface area contributed by atoms with Gasteiger partial charge in [-0.05, 0) is 12.1 Å². The van der Waals surface area contributed by atoms with Crippen LogP contribution in [0.1, 0.15) is 17.5 Å². The maximum atomic E-state index is 9.39. The zero-order valence-electron chi connectivity index (χ0n) is 7.33. The van der Waals surface area contributed by atoms with Crippen LogP contribution in [-0.2, 0) is 6.61 Å². The van der Waals surface area contributed by atoms with Crippen LogP contribution in [0.4, 0.5) is 0 Å². The van der Waals surface area contributed by atoms with E-state index in [9.17, 15) is 5.11 Å². The van der Waals surface area contributed by atoms with Crippen LogP contribution >= 0.6 is 0 Å². The number of rotatable bonds is 3. The van der Waals surface area contributed by atoms with Gasteiger partial charge in [0.2, 0.25) is 0 Å². The fourth-order valence-corrected chi connectivity index (χ4v) is 0.983. The number of hydrogen-bond donors (Lipinski definition) is 3. The first-order valence-corrected chi connectivity index (χ1v) is 4.01. The number of hydrogen-bond acceptors (Lipinski definition) is 5. The summed E-state index contributed by atoms with van der Waals surface area (Å²) in [7, 11) is 0. The maximum Gasteiger partial charge on any atom is 0.171 e. The van der Waals surface area contributed by atoms with Crippen molar-refractivity contribution in [3.8, 4) is 6.07 Å². The number of nitrogens with zero attached hydrogens (tertiary/aromatic N) is 2. The molecule has 0 bridgehead atoms. The number of aliphatic hydroxyl groups excluding tert-OH is 3. The van der Waals surface area contributed by atoms with Crippen molar-refractivity contribution in [3.63, 3.8) is 0 Å². The highest BCUT2D eigenvalue weighted by atomic mass is 16.3. The SMILES string of the molecule is N#CC(O)C(O)c1cccc(CO)n1. The average molecular weight is 194 g/mol. The summed E-state index contributed by atoms with van der Waals surface area (Å²) >= 11 is 0. The minimum atomic E-state index is -1.50. The molecule has 0 spiro atoms. The molecule has 3 N–H and O–H groups in total. The van der Waals surface area contributed by atoms with Crippen molar-refractivity contribution >= 4 is 0 Å². The van der Waals surface area contributed by atoms with Crippen molar-refractivity contribution in [1.82, 2.24) is 4.98 Å². The zero-order chi connectivity index (χ0) is 10.6. The van der Waals surface area contributed by atoms with Crippen LogP contribution in [0.25, 0.3) is 0 Å². The highest BCUT2D eigenvalue weighted by Crippen LogP contribution is 2.14. The molecule has 0 saturated heterocycles. The minimum absolute atomic E-state index is 0.172. The second kappa shape index (κ2) is 4.67. The Bertz CT molecular complexity index is 348. The highest BCUT2D eigenvalue weighted by molar-refractivity contribution is 5.15. The lowest BCUT2D eigenvalue weighted by atomic mass is 10.1. The molecule has 74 valence electrons. The molecule has 1 rings (SSSR count). The molecule has 5 heteroatoms. The van der Waals surface area contributed by atoms with E-state index in [0.29, 0.717) is 5.69 Å². The van der Waals surface area contributed by atoms with Crippen molar-refractivity contribution in [1.29, 1.82) is 5.26 Å². The first kappa shape index (κ1) is 10.6. The van der Waals surface area contributed by atoms with Crippen molar-refractivity contribution in [2.75, 3.05) is 0 Å². The second-order valence-electron chi connectivity index (χ2n) is 2.73. The van der Waals surface area contributed by atoms with E-state index in [1.807, 2.05) is 0 Å². The van der Waals surface area contributed by atoms with E-state index in [-0.39, 0.29) is 12.3 Å². The van der Waals surface area contributed by atoms with E-state index in [2.05, 4.69) is 4.98 Å². The van der Waals surface area contributed by atoms with Crippen LogP contribution < -0.4 is 0 Å². The van der Waals surface area contributed by atoms with E-state index in [1.165, 1.54) is 12.1 Å². The summed E-state index contributed by atoms with van der Waals surface area (Å²) in [5.41, 5.74) is 0.553. The number of aliphatic hydroxyl groups is 3. The lowest BCUT2D eigenvalue weighted by Crippen LogP contribution is -2.17. The fraction of sp³-hybridized carbons (Fsp3) is 0.333. The molecule has 14 heavy (non-hydrogen) atoms. The van der Waals surface area contributed by atoms with Gasteiger partial charge in [-0.1, -0.05) is 6.07 Å². The Labute approximate surface area is 80.9 Å². The van der Waals surface area contributed by atoms with E-state index in [1.54, 1.807) is 12.1 Å². The van der Waals surface area contributed by atoms with Crippen LogP contribution in [0, 0.1) is 11.3 Å². The summed E-state index contributed by atoms with van der Waals surface area (Å²) in [6.07, 6.45) is -2.84. The molecule has 0 aliphatic rings. The van der Waals surface area contributed by atoms with Gasteiger partial charge in [0.25, 0.3) is 0 Å². The van der Waals surface area contributed by atoms with Crippen LogP contribution in [0.2, 0.25) is 0 Å². The van der Waals surface area contributed by atoms with Gasteiger partial charge in [0, 0.05) is 0 Å². The third-order valence-electron chi connectivity index (χ3n) is 1.72. The Morgan fingerprint density at radius 1 is 1.43 bits per heavy atom. The van der Waals surface area contributed by atoms with Gasteiger partial charge in [0.1, 0.15) is 6.10 Å². The molecule has 1 aromatic rings. The minimum Gasteiger partial charge on any atom is -0.390 e. The molecule has 1 heterocycles. The van der Waals surface area contributed by atoms with Crippen molar-refractivity contribution < 1.29 is 15.3 Å². The predicted octanol–water partition coefficient (Wildman–Crippen LogP) is -0.508. The summed E-state index contributed by atoms with van der Waals surface area (Å²) in [6.45, 7) is -0.247. The van der Waals surface area contributed by atoms with Crippen LogP contribution in [0.15, 0.2) is 18.2 Å². The topological polar surface area (TPSA) is 97.4 Å². The van der Waals surface area contributed by atoms with Crippen molar-refractivity contribution in [2.45, 2.75) is 18.8 Å². The molecule has 5 nitrogen and oxygen atoms in total. The molecule has 0 fully saturated rings. The van der Waals surface area contributed by atoms with Crippen LogP contribution in [0.5, 0.6) is 0 Å². The molecular formula is C9H10N2O3. The van der Waals surface area contributed by atoms with Crippen LogP contribution in [0.3, 0.4) is 0 Å². The van der Waals surface area contributed by atoms with Gasteiger partial charge in [-0.2, -0.15) is 5.26 Å². The number of nitriles is 1. The Morgan fingerprint density at radius 2 is 2.14 bits per heavy atom. The Morgan fingerprint density at radius 3 is 2.71 bits per heavy atom. The molecule has 0 saturated carbocycles. The molecule has 0 aliphatic carbocycles. The monoisotopic (exact) mass is 194 g/mol. The number of pyridine rings is 1. The van der Waals surface area contributed by atoms with E-state index in [0.717, 1.165) is 0 Å². The lowest BCUT2D eigenvalue weighted by molar-refractivity contribution is 0.0496. The van der Waals surface area contributed by atoms with Gasteiger partial charge in [0.15, 0.2) is 6.10 Å². The molecule has 0 aromatic carbocycles. The third kappa shape index (κ3) is 2.26. The summed E-state index contributed by atoms with van der Waals surface area (Å²) in [6, 6.07) is 6.14. The predicted molar refractivity (Wildman–Crippen MR) is 46.7 cm³/mol. The lowest BCUT2D eigenvalue weighted by Gasteiger charge is -2.11. The molecular weight excluding hydrogens is 184 g/mol. The summed E-state index contributed by atoms with van der Waals surface area (Å²) in [5.74, 6) is 0. The third-order valence-corrected chi connectivity index (χ3v) is 1.72. The summed E-state index contributed by atoms with van der Waals surface area (Å²) < 4.78 is 0. The van der Waals surface area contributed by atoms with Crippen molar-refractivity contribution in [2.24, 2.45) is 0 Å². The highest BCUT2D eigenvalue weighted by Gasteiger charge is 2.18. The summed E-state index contributed by atoms with van der Waals surface area (Å²) in [4.78, 5) is 3.85. The van der Waals surface area contributed by atoms with Crippen molar-refractivity contribution in [3.05, 3.63) is 29.6 Å². The largest absolute Gasteiger partial charge is 0.390 e. The number of aromatic nitrogens is 1. The second-order valence-corrected chi connectivity index (χ2v) is 2.73. The van der Waals surface area contributed by atoms with E-state index in [4.69, 9.17) is 15.5 Å². The van der Waals surface area contributed by atoms with Crippen LogP contribution in [-0.4, -0.2) is 26.4 Å². The first-order valence-electron chi connectivity index (χ1n) is 4.01. The van der Waals surface area contributed by atoms with Gasteiger partial charge in [-0.15, -0.1) is 0 Å². The summed E-state index contributed by atoms with van der Waals surface area (Å²) in [5, 5.41) is 35.5. The molecule has 0 amide bonds. The molecule has 0 aliphatic heterocycles. The Kier molecular flexibility index (Phi) is 3.54. The van der Waals surface area contributed by atoms with Gasteiger partial charge >= 0.3 is 0 Å². The molecule has 2 unspecified atom stereocenters. The molecule has 0 radical (unpaired) electrons. The fourth-order valence-electron chi connectivity index (χ4n) is 0.983. The Balaban J connectivity index is 2.90. The normalized spacial score (nSPS) is 14.4. The van der Waals surface area contributed by atoms with Gasteiger partial charge < -0.3 is 15.3 Å². The van der Waals surface area contributed by atoms with Gasteiger partial charge in [-0.3, -0.25) is 4.98 Å². The van der Waals surface area contributed by atoms with Gasteiger partial charge in [-0.25, -0.2) is 0 Å². The van der Waals surface area contributed by atoms with E-state index >= 15 is 0 Å². The zero-order valence-corrected chi connectivity index (χ0v) is 7.33. The quantitative estimate of drug-likeness (QED) is 0.563. The maximum absolute atomic E-state index is 9.39. The smallest absolute Gasteiger partial charge is 0.171 e. The van der Waals surface area contributed by atoms with Gasteiger partial charge in [0.05, 0.1) is 24.1 Å².